The summed E-state index contributed by atoms with van der Waals surface area (Å²) in [4.78, 5) is 4.06. The van der Waals surface area contributed by atoms with Gasteiger partial charge in [-0.1, -0.05) is 0 Å². The number of aromatic nitrogens is 4. The third-order valence-electron chi connectivity index (χ3n) is 2.71. The number of hydrogen-bond donors (Lipinski definition) is 0. The minimum atomic E-state index is -4.38. The Labute approximate surface area is 99.1 Å². The molecule has 1 aromatic carbocycles. The summed E-state index contributed by atoms with van der Waals surface area (Å²) in [5.74, 6) is 0.525. The van der Waals surface area contributed by atoms with Gasteiger partial charge < -0.3 is 0 Å². The van der Waals surface area contributed by atoms with E-state index in [1.807, 2.05) is 0 Å². The maximum absolute atomic E-state index is 12.7. The molecule has 0 aliphatic heterocycles. The van der Waals surface area contributed by atoms with Gasteiger partial charge in [-0.05, 0) is 25.1 Å². The van der Waals surface area contributed by atoms with Crippen LogP contribution in [0.15, 0.2) is 24.4 Å². The Bertz CT molecular complexity index is 745. The minimum Gasteiger partial charge on any atom is -0.276 e. The fourth-order valence-corrected chi connectivity index (χ4v) is 1.88. The fourth-order valence-electron chi connectivity index (χ4n) is 1.88. The van der Waals surface area contributed by atoms with Crippen LogP contribution in [0.4, 0.5) is 13.2 Å². The topological polar surface area (TPSA) is 43.1 Å². The Balaban J connectivity index is 2.43. The molecule has 0 bridgehead atoms. The highest BCUT2D eigenvalue weighted by Crippen LogP contribution is 2.31. The lowest BCUT2D eigenvalue weighted by molar-refractivity contribution is -0.137. The SMILES string of the molecule is Cc1nnc2cnc3ccc(C(F)(F)F)cc3n12. The first-order chi connectivity index (χ1) is 8.47. The van der Waals surface area contributed by atoms with Crippen LogP contribution in [0, 0.1) is 6.92 Å². The molecule has 0 unspecified atom stereocenters. The van der Waals surface area contributed by atoms with Crippen molar-refractivity contribution in [3.05, 3.63) is 35.8 Å². The normalized spacial score (nSPS) is 12.4. The lowest BCUT2D eigenvalue weighted by Gasteiger charge is -2.08. The number of halogens is 3. The molecule has 0 fully saturated rings. The van der Waals surface area contributed by atoms with Gasteiger partial charge in [0, 0.05) is 0 Å². The van der Waals surface area contributed by atoms with E-state index in [2.05, 4.69) is 15.2 Å². The molecule has 0 aliphatic carbocycles. The van der Waals surface area contributed by atoms with E-state index in [1.54, 1.807) is 11.3 Å². The maximum Gasteiger partial charge on any atom is 0.416 e. The molecule has 0 N–H and O–H groups in total. The summed E-state index contributed by atoms with van der Waals surface area (Å²) >= 11 is 0. The van der Waals surface area contributed by atoms with Crippen molar-refractivity contribution in [1.29, 1.82) is 0 Å². The summed E-state index contributed by atoms with van der Waals surface area (Å²) in [7, 11) is 0. The van der Waals surface area contributed by atoms with Crippen molar-refractivity contribution < 1.29 is 13.2 Å². The van der Waals surface area contributed by atoms with Gasteiger partial charge in [0.15, 0.2) is 5.65 Å². The predicted molar refractivity (Wildman–Crippen MR) is 58.0 cm³/mol. The van der Waals surface area contributed by atoms with Gasteiger partial charge in [-0.25, -0.2) is 0 Å². The number of alkyl halides is 3. The molecule has 2 heterocycles. The Morgan fingerprint density at radius 1 is 1.17 bits per heavy atom. The second kappa shape index (κ2) is 3.41. The third-order valence-corrected chi connectivity index (χ3v) is 2.71. The molecule has 0 radical (unpaired) electrons. The monoisotopic (exact) mass is 252 g/mol. The summed E-state index contributed by atoms with van der Waals surface area (Å²) < 4.78 is 39.6. The first kappa shape index (κ1) is 10.9. The second-order valence-electron chi connectivity index (χ2n) is 3.90. The first-order valence-electron chi connectivity index (χ1n) is 5.14. The molecule has 3 rings (SSSR count). The van der Waals surface area contributed by atoms with E-state index in [0.717, 1.165) is 12.1 Å². The van der Waals surface area contributed by atoms with E-state index in [9.17, 15) is 13.2 Å². The maximum atomic E-state index is 12.7. The number of hydrogen-bond acceptors (Lipinski definition) is 3. The fraction of sp³-hybridized carbons (Fsp3) is 0.182. The van der Waals surface area contributed by atoms with Crippen LogP contribution in [0.1, 0.15) is 11.4 Å². The van der Waals surface area contributed by atoms with Gasteiger partial charge in [0.1, 0.15) is 5.82 Å². The molecule has 0 saturated carbocycles. The third kappa shape index (κ3) is 1.51. The molecule has 3 aromatic rings. The molecule has 18 heavy (non-hydrogen) atoms. The van der Waals surface area contributed by atoms with E-state index in [0.29, 0.717) is 22.5 Å². The van der Waals surface area contributed by atoms with Crippen molar-refractivity contribution in [3.63, 3.8) is 0 Å². The van der Waals surface area contributed by atoms with E-state index in [4.69, 9.17) is 0 Å². The average Bonchev–Trinajstić information content (AvgIpc) is 2.69. The predicted octanol–water partition coefficient (Wildman–Crippen LogP) is 2.60. The molecule has 2 aromatic heterocycles. The van der Waals surface area contributed by atoms with Crippen LogP contribution in [0.25, 0.3) is 16.7 Å². The quantitative estimate of drug-likeness (QED) is 0.617. The molecular formula is C11H7F3N4. The largest absolute Gasteiger partial charge is 0.416 e. The first-order valence-corrected chi connectivity index (χ1v) is 5.14. The molecule has 0 saturated heterocycles. The van der Waals surface area contributed by atoms with E-state index >= 15 is 0 Å². The smallest absolute Gasteiger partial charge is 0.276 e. The Morgan fingerprint density at radius 3 is 2.67 bits per heavy atom. The lowest BCUT2D eigenvalue weighted by atomic mass is 10.2. The number of benzene rings is 1. The Morgan fingerprint density at radius 2 is 1.94 bits per heavy atom. The number of aryl methyl sites for hydroxylation is 1. The summed E-state index contributed by atoms with van der Waals surface area (Å²) in [6.45, 7) is 1.68. The van der Waals surface area contributed by atoms with Crippen LogP contribution in [0.5, 0.6) is 0 Å². The molecule has 7 heteroatoms. The Hall–Kier alpha value is -2.18. The van der Waals surface area contributed by atoms with Crippen LogP contribution in [0.2, 0.25) is 0 Å². The van der Waals surface area contributed by atoms with Crippen LogP contribution in [0.3, 0.4) is 0 Å². The van der Waals surface area contributed by atoms with Crippen molar-refractivity contribution >= 4 is 16.7 Å². The number of nitrogens with zero attached hydrogens (tertiary/aromatic N) is 4. The van der Waals surface area contributed by atoms with Gasteiger partial charge in [0.05, 0.1) is 22.8 Å². The second-order valence-corrected chi connectivity index (χ2v) is 3.90. The highest BCUT2D eigenvalue weighted by atomic mass is 19.4. The van der Waals surface area contributed by atoms with Gasteiger partial charge in [-0.15, -0.1) is 10.2 Å². The highest BCUT2D eigenvalue weighted by molar-refractivity contribution is 5.78. The van der Waals surface area contributed by atoms with Crippen LogP contribution in [-0.4, -0.2) is 19.6 Å². The van der Waals surface area contributed by atoms with Crippen LogP contribution in [-0.2, 0) is 6.18 Å². The van der Waals surface area contributed by atoms with Gasteiger partial charge in [-0.2, -0.15) is 13.2 Å². The molecule has 4 nitrogen and oxygen atoms in total. The van der Waals surface area contributed by atoms with Gasteiger partial charge in [0.2, 0.25) is 0 Å². The van der Waals surface area contributed by atoms with Gasteiger partial charge >= 0.3 is 6.18 Å². The zero-order valence-electron chi connectivity index (χ0n) is 9.23. The highest BCUT2D eigenvalue weighted by Gasteiger charge is 2.30. The van der Waals surface area contributed by atoms with Crippen molar-refractivity contribution in [3.8, 4) is 0 Å². The molecule has 92 valence electrons. The summed E-state index contributed by atoms with van der Waals surface area (Å²) in [6.07, 6.45) is -2.89. The molecule has 0 spiro atoms. The average molecular weight is 252 g/mol. The lowest BCUT2D eigenvalue weighted by Crippen LogP contribution is -2.05. The van der Waals surface area contributed by atoms with Gasteiger partial charge in [0.25, 0.3) is 0 Å². The van der Waals surface area contributed by atoms with Crippen molar-refractivity contribution in [1.82, 2.24) is 19.6 Å². The molecule has 0 amide bonds. The molecule has 0 atom stereocenters. The summed E-state index contributed by atoms with van der Waals surface area (Å²) in [6, 6.07) is 3.42. The molecular weight excluding hydrogens is 245 g/mol. The van der Waals surface area contributed by atoms with E-state index < -0.39 is 11.7 Å². The van der Waals surface area contributed by atoms with Crippen LogP contribution < -0.4 is 0 Å². The minimum absolute atomic E-state index is 0.352. The summed E-state index contributed by atoms with van der Waals surface area (Å²) in [5.41, 5.74) is 0.542. The van der Waals surface area contributed by atoms with Crippen molar-refractivity contribution in [2.75, 3.05) is 0 Å². The standard InChI is InChI=1S/C11H7F3N4/c1-6-16-17-10-5-15-8-3-2-7(11(12,13)14)4-9(8)18(6)10/h2-5H,1H3. The van der Waals surface area contributed by atoms with Crippen molar-refractivity contribution in [2.45, 2.75) is 13.1 Å². The zero-order chi connectivity index (χ0) is 12.9. The number of rotatable bonds is 0. The molecule has 0 aliphatic rings. The van der Waals surface area contributed by atoms with E-state index in [1.165, 1.54) is 12.3 Å². The van der Waals surface area contributed by atoms with E-state index in [-0.39, 0.29) is 0 Å². The van der Waals surface area contributed by atoms with Gasteiger partial charge in [-0.3, -0.25) is 9.38 Å². The summed E-state index contributed by atoms with van der Waals surface area (Å²) in [5, 5.41) is 7.66. The number of fused-ring (bicyclic) bond motifs is 3. The van der Waals surface area contributed by atoms with Crippen molar-refractivity contribution in [2.24, 2.45) is 0 Å². The zero-order valence-corrected chi connectivity index (χ0v) is 9.23. The van der Waals surface area contributed by atoms with Crippen LogP contribution >= 0.6 is 0 Å². The Kier molecular flexibility index (Phi) is 2.07.